The molecule has 3 rings (SSSR count). The maximum atomic E-state index is 12.1. The van der Waals surface area contributed by atoms with Crippen molar-refractivity contribution in [3.8, 4) is 34.8 Å². The van der Waals surface area contributed by atoms with Crippen LogP contribution in [-0.4, -0.2) is 22.7 Å². The summed E-state index contributed by atoms with van der Waals surface area (Å²) in [6, 6.07) is 14.9. The lowest BCUT2D eigenvalue weighted by molar-refractivity contribution is 0.0526. The molecule has 0 spiro atoms. The standard InChI is InChI=1S/C23H15ClN2O3/c1-2-29-23(28)17-6-4-15(3-5-16-8-10-20(27)12-22(16)24)21(11-17)18-7-9-19(13-25)26-14-18/h4,6-12,14,27H,2H2,1H3. The van der Waals surface area contributed by atoms with Gasteiger partial charge < -0.3 is 9.84 Å². The predicted octanol–water partition coefficient (Wildman–Crippen LogP) is 4.56. The van der Waals surface area contributed by atoms with Gasteiger partial charge in [-0.2, -0.15) is 5.26 Å². The molecule has 142 valence electrons. The number of hydrogen-bond acceptors (Lipinski definition) is 5. The average molecular weight is 403 g/mol. The summed E-state index contributed by atoms with van der Waals surface area (Å²) in [5.74, 6) is 5.66. The first-order valence-electron chi connectivity index (χ1n) is 8.70. The summed E-state index contributed by atoms with van der Waals surface area (Å²) < 4.78 is 5.08. The molecule has 1 N–H and O–H groups in total. The largest absolute Gasteiger partial charge is 0.508 e. The first-order chi connectivity index (χ1) is 14.0. The van der Waals surface area contributed by atoms with E-state index in [0.717, 1.165) is 0 Å². The normalized spacial score (nSPS) is 9.83. The number of nitriles is 1. The number of hydrogen-bond donors (Lipinski definition) is 1. The van der Waals surface area contributed by atoms with E-state index in [0.29, 0.717) is 38.5 Å². The fraction of sp³-hybridized carbons (Fsp3) is 0.0870. The summed E-state index contributed by atoms with van der Waals surface area (Å²) in [5.41, 5.74) is 3.26. The Balaban J connectivity index is 2.09. The number of ether oxygens (including phenoxy) is 1. The Morgan fingerprint density at radius 1 is 1.14 bits per heavy atom. The molecule has 0 atom stereocenters. The monoisotopic (exact) mass is 402 g/mol. The minimum atomic E-state index is -0.434. The van der Waals surface area contributed by atoms with Gasteiger partial charge in [0.2, 0.25) is 0 Å². The van der Waals surface area contributed by atoms with Gasteiger partial charge in [0.15, 0.2) is 0 Å². The van der Waals surface area contributed by atoms with E-state index < -0.39 is 5.97 Å². The van der Waals surface area contributed by atoms with Crippen molar-refractivity contribution in [1.82, 2.24) is 4.98 Å². The Bertz CT molecular complexity index is 1170. The summed E-state index contributed by atoms with van der Waals surface area (Å²) in [5, 5.41) is 18.8. The van der Waals surface area contributed by atoms with Crippen LogP contribution in [0.15, 0.2) is 54.7 Å². The molecule has 5 nitrogen and oxygen atoms in total. The number of nitrogens with zero attached hydrogens (tertiary/aromatic N) is 2. The third kappa shape index (κ3) is 4.73. The van der Waals surface area contributed by atoms with Gasteiger partial charge in [-0.3, -0.25) is 0 Å². The third-order valence-corrected chi connectivity index (χ3v) is 4.32. The maximum Gasteiger partial charge on any atom is 0.338 e. The van der Waals surface area contributed by atoms with Gasteiger partial charge in [-0.25, -0.2) is 9.78 Å². The Kier molecular flexibility index (Phi) is 6.14. The quantitative estimate of drug-likeness (QED) is 0.513. The minimum Gasteiger partial charge on any atom is -0.508 e. The van der Waals surface area contributed by atoms with Crippen LogP contribution in [0.25, 0.3) is 11.1 Å². The first-order valence-corrected chi connectivity index (χ1v) is 9.08. The van der Waals surface area contributed by atoms with Crippen LogP contribution in [-0.2, 0) is 4.74 Å². The van der Waals surface area contributed by atoms with E-state index in [4.69, 9.17) is 21.6 Å². The van der Waals surface area contributed by atoms with Crippen LogP contribution in [0.5, 0.6) is 5.75 Å². The summed E-state index contributed by atoms with van der Waals surface area (Å²) in [6.45, 7) is 2.01. The number of benzene rings is 2. The highest BCUT2D eigenvalue weighted by Crippen LogP contribution is 2.26. The molecular weight excluding hydrogens is 388 g/mol. The molecule has 0 fully saturated rings. The summed E-state index contributed by atoms with van der Waals surface area (Å²) >= 11 is 6.12. The Labute approximate surface area is 173 Å². The number of halogens is 1. The summed E-state index contributed by atoms with van der Waals surface area (Å²) in [6.07, 6.45) is 1.56. The molecule has 0 bridgehead atoms. The number of aromatic nitrogens is 1. The zero-order chi connectivity index (χ0) is 20.8. The number of rotatable bonds is 3. The van der Waals surface area contributed by atoms with Gasteiger partial charge in [0, 0.05) is 22.9 Å². The molecule has 2 aromatic carbocycles. The average Bonchev–Trinajstić information content (AvgIpc) is 2.73. The van der Waals surface area contributed by atoms with Crippen LogP contribution >= 0.6 is 11.6 Å². The molecule has 1 aromatic heterocycles. The Morgan fingerprint density at radius 3 is 2.55 bits per heavy atom. The molecule has 29 heavy (non-hydrogen) atoms. The van der Waals surface area contributed by atoms with Gasteiger partial charge in [-0.05, 0) is 61.0 Å². The second-order valence-corrected chi connectivity index (χ2v) is 6.35. The fourth-order valence-corrected chi connectivity index (χ4v) is 2.81. The van der Waals surface area contributed by atoms with Crippen LogP contribution in [0.4, 0.5) is 0 Å². The lowest BCUT2D eigenvalue weighted by Crippen LogP contribution is -2.05. The van der Waals surface area contributed by atoms with E-state index in [1.165, 1.54) is 12.1 Å². The van der Waals surface area contributed by atoms with Crippen molar-refractivity contribution in [2.75, 3.05) is 6.61 Å². The molecule has 1 heterocycles. The second kappa shape index (κ2) is 8.93. The van der Waals surface area contributed by atoms with Crippen molar-refractivity contribution in [3.05, 3.63) is 82.1 Å². The van der Waals surface area contributed by atoms with E-state index in [-0.39, 0.29) is 12.4 Å². The number of pyridine rings is 1. The number of phenolic OH excluding ortho intramolecular Hbond substituents is 1. The highest BCUT2D eigenvalue weighted by Gasteiger charge is 2.12. The first kappa shape index (κ1) is 19.9. The highest BCUT2D eigenvalue weighted by atomic mass is 35.5. The summed E-state index contributed by atoms with van der Waals surface area (Å²) in [4.78, 5) is 16.2. The lowest BCUT2D eigenvalue weighted by atomic mass is 9.98. The Hall–Kier alpha value is -3.80. The number of carbonyl (C=O) groups is 1. The zero-order valence-corrected chi connectivity index (χ0v) is 16.2. The number of carbonyl (C=O) groups excluding carboxylic acids is 1. The SMILES string of the molecule is CCOC(=O)c1ccc(C#Cc2ccc(O)cc2Cl)c(-c2ccc(C#N)nc2)c1. The van der Waals surface area contributed by atoms with Crippen LogP contribution in [0.2, 0.25) is 5.02 Å². The van der Waals surface area contributed by atoms with Crippen molar-refractivity contribution in [2.24, 2.45) is 0 Å². The van der Waals surface area contributed by atoms with Crippen molar-refractivity contribution in [1.29, 1.82) is 5.26 Å². The molecule has 0 aliphatic heterocycles. The summed E-state index contributed by atoms with van der Waals surface area (Å²) in [7, 11) is 0. The van der Waals surface area contributed by atoms with E-state index in [1.807, 2.05) is 6.07 Å². The van der Waals surface area contributed by atoms with Crippen molar-refractivity contribution >= 4 is 17.6 Å². The molecule has 0 radical (unpaired) electrons. The fourth-order valence-electron chi connectivity index (χ4n) is 2.59. The van der Waals surface area contributed by atoms with Crippen molar-refractivity contribution in [3.63, 3.8) is 0 Å². The van der Waals surface area contributed by atoms with Gasteiger partial charge in [0.1, 0.15) is 17.5 Å². The van der Waals surface area contributed by atoms with Gasteiger partial charge in [-0.15, -0.1) is 0 Å². The molecular formula is C23H15ClN2O3. The zero-order valence-electron chi connectivity index (χ0n) is 15.4. The number of phenols is 1. The van der Waals surface area contributed by atoms with Crippen molar-refractivity contribution < 1.29 is 14.6 Å². The van der Waals surface area contributed by atoms with E-state index >= 15 is 0 Å². The number of aromatic hydroxyl groups is 1. The molecule has 3 aromatic rings. The third-order valence-electron chi connectivity index (χ3n) is 4.00. The molecule has 0 amide bonds. The lowest BCUT2D eigenvalue weighted by Gasteiger charge is -2.08. The maximum absolute atomic E-state index is 12.1. The highest BCUT2D eigenvalue weighted by molar-refractivity contribution is 6.31. The molecule has 0 aliphatic rings. The van der Waals surface area contributed by atoms with Gasteiger partial charge >= 0.3 is 5.97 Å². The smallest absolute Gasteiger partial charge is 0.338 e. The van der Waals surface area contributed by atoms with E-state index in [1.54, 1.807) is 49.5 Å². The molecule has 0 aliphatic carbocycles. The van der Waals surface area contributed by atoms with Crippen LogP contribution in [0.1, 0.15) is 34.1 Å². The van der Waals surface area contributed by atoms with E-state index in [9.17, 15) is 9.90 Å². The second-order valence-electron chi connectivity index (χ2n) is 5.94. The molecule has 6 heteroatoms. The van der Waals surface area contributed by atoms with Crippen LogP contribution in [0, 0.1) is 23.2 Å². The molecule has 0 unspecified atom stereocenters. The Morgan fingerprint density at radius 2 is 1.90 bits per heavy atom. The predicted molar refractivity (Wildman–Crippen MR) is 109 cm³/mol. The van der Waals surface area contributed by atoms with Crippen LogP contribution < -0.4 is 0 Å². The van der Waals surface area contributed by atoms with Gasteiger partial charge in [-0.1, -0.05) is 23.4 Å². The van der Waals surface area contributed by atoms with Crippen LogP contribution in [0.3, 0.4) is 0 Å². The minimum absolute atomic E-state index is 0.0590. The van der Waals surface area contributed by atoms with Gasteiger partial charge in [0.05, 0.1) is 17.2 Å². The molecule has 0 saturated heterocycles. The van der Waals surface area contributed by atoms with Crippen molar-refractivity contribution in [2.45, 2.75) is 6.92 Å². The van der Waals surface area contributed by atoms with Gasteiger partial charge in [0.25, 0.3) is 0 Å². The van der Waals surface area contributed by atoms with E-state index in [2.05, 4.69) is 16.8 Å². The topological polar surface area (TPSA) is 83.2 Å². The number of esters is 1. The molecule has 0 saturated carbocycles.